The number of benzene rings is 2. The van der Waals surface area contributed by atoms with Crippen LogP contribution < -0.4 is 14.8 Å². The molecule has 0 fully saturated rings. The Morgan fingerprint density at radius 2 is 1.92 bits per heavy atom. The number of carbonyl (C=O) groups is 1. The molecule has 0 saturated heterocycles. The molecule has 5 heteroatoms. The maximum Gasteiger partial charge on any atom is 0.260 e. The van der Waals surface area contributed by atoms with E-state index in [-0.39, 0.29) is 5.91 Å². The third-order valence-corrected chi connectivity index (χ3v) is 3.71. The van der Waals surface area contributed by atoms with Gasteiger partial charge in [-0.25, -0.2) is 0 Å². The summed E-state index contributed by atoms with van der Waals surface area (Å²) in [6.45, 7) is 4.62. The molecule has 2 aromatic carbocycles. The number of hydrogen-bond acceptors (Lipinski definition) is 3. The van der Waals surface area contributed by atoms with Gasteiger partial charge in [-0.1, -0.05) is 36.7 Å². The van der Waals surface area contributed by atoms with Crippen LogP contribution in [0.5, 0.6) is 11.5 Å². The fourth-order valence-corrected chi connectivity index (χ4v) is 2.29. The Morgan fingerprint density at radius 3 is 2.58 bits per heavy atom. The average Bonchev–Trinajstić information content (AvgIpc) is 2.59. The van der Waals surface area contributed by atoms with Gasteiger partial charge >= 0.3 is 0 Å². The van der Waals surface area contributed by atoms with Crippen LogP contribution in [0, 0.1) is 0 Å². The van der Waals surface area contributed by atoms with Crippen LogP contribution in [0.3, 0.4) is 0 Å². The molecule has 0 spiro atoms. The summed E-state index contributed by atoms with van der Waals surface area (Å²) in [5.74, 6) is 1.17. The van der Waals surface area contributed by atoms with Gasteiger partial charge in [-0.2, -0.15) is 0 Å². The average molecular weight is 348 g/mol. The number of aryl methyl sites for hydroxylation is 1. The molecule has 0 aliphatic rings. The smallest absolute Gasteiger partial charge is 0.260 e. The first kappa shape index (κ1) is 18.1. The van der Waals surface area contributed by atoms with Crippen LogP contribution in [-0.2, 0) is 11.2 Å². The lowest BCUT2D eigenvalue weighted by atomic mass is 10.2. The van der Waals surface area contributed by atoms with Crippen molar-refractivity contribution in [3.8, 4) is 11.5 Å². The van der Waals surface area contributed by atoms with Crippen LogP contribution in [0.2, 0.25) is 5.02 Å². The number of rotatable bonds is 8. The van der Waals surface area contributed by atoms with Crippen LogP contribution in [0.4, 0.5) is 0 Å². The SMILES string of the molecule is CCc1ccc(OCCNC(=O)[C@H](C)Oc2cccc(Cl)c2)cc1. The normalized spacial score (nSPS) is 11.6. The van der Waals surface area contributed by atoms with Gasteiger partial charge in [0, 0.05) is 5.02 Å². The second-order valence-electron chi connectivity index (χ2n) is 5.35. The fourth-order valence-electron chi connectivity index (χ4n) is 2.11. The van der Waals surface area contributed by atoms with Crippen LogP contribution in [0.15, 0.2) is 48.5 Å². The molecular weight excluding hydrogens is 326 g/mol. The Labute approximate surface area is 147 Å². The molecule has 1 atom stereocenters. The first-order valence-corrected chi connectivity index (χ1v) is 8.38. The highest BCUT2D eigenvalue weighted by molar-refractivity contribution is 6.30. The molecule has 0 aliphatic heterocycles. The van der Waals surface area contributed by atoms with E-state index in [1.165, 1.54) is 5.56 Å². The van der Waals surface area contributed by atoms with Crippen molar-refractivity contribution in [3.05, 3.63) is 59.1 Å². The summed E-state index contributed by atoms with van der Waals surface area (Å²) in [6, 6.07) is 14.9. The van der Waals surface area contributed by atoms with Gasteiger partial charge in [0.05, 0.1) is 6.54 Å². The number of halogens is 1. The van der Waals surface area contributed by atoms with E-state index < -0.39 is 6.10 Å². The fraction of sp³-hybridized carbons (Fsp3) is 0.316. The summed E-state index contributed by atoms with van der Waals surface area (Å²) >= 11 is 5.89. The van der Waals surface area contributed by atoms with Gasteiger partial charge in [0.1, 0.15) is 18.1 Å². The van der Waals surface area contributed by atoms with Crippen molar-refractivity contribution < 1.29 is 14.3 Å². The molecule has 2 aromatic rings. The first-order chi connectivity index (χ1) is 11.6. The Kier molecular flexibility index (Phi) is 6.94. The summed E-state index contributed by atoms with van der Waals surface area (Å²) in [5.41, 5.74) is 1.27. The molecule has 24 heavy (non-hydrogen) atoms. The predicted octanol–water partition coefficient (Wildman–Crippen LogP) is 3.86. The molecule has 128 valence electrons. The molecule has 0 saturated carbocycles. The van der Waals surface area contributed by atoms with Gasteiger partial charge < -0.3 is 14.8 Å². The van der Waals surface area contributed by atoms with Crippen molar-refractivity contribution in [1.82, 2.24) is 5.32 Å². The maximum absolute atomic E-state index is 12.0. The summed E-state index contributed by atoms with van der Waals surface area (Å²) in [7, 11) is 0. The van der Waals surface area contributed by atoms with E-state index in [1.54, 1.807) is 31.2 Å². The zero-order valence-electron chi connectivity index (χ0n) is 13.9. The molecule has 2 rings (SSSR count). The van der Waals surface area contributed by atoms with Gasteiger partial charge in [-0.05, 0) is 49.2 Å². The minimum absolute atomic E-state index is 0.195. The number of carbonyl (C=O) groups excluding carboxylic acids is 1. The lowest BCUT2D eigenvalue weighted by Crippen LogP contribution is -2.38. The second-order valence-corrected chi connectivity index (χ2v) is 5.79. The molecule has 0 radical (unpaired) electrons. The third-order valence-electron chi connectivity index (χ3n) is 3.48. The van der Waals surface area contributed by atoms with Crippen molar-refractivity contribution in [3.63, 3.8) is 0 Å². The Bertz CT molecular complexity index is 658. The number of hydrogen-bond donors (Lipinski definition) is 1. The molecule has 0 bridgehead atoms. The Hall–Kier alpha value is -2.20. The van der Waals surface area contributed by atoms with Crippen molar-refractivity contribution >= 4 is 17.5 Å². The molecule has 1 amide bonds. The van der Waals surface area contributed by atoms with Crippen LogP contribution in [0.1, 0.15) is 19.4 Å². The molecule has 0 aliphatic carbocycles. The highest BCUT2D eigenvalue weighted by Crippen LogP contribution is 2.18. The maximum atomic E-state index is 12.0. The molecule has 0 aromatic heterocycles. The molecule has 0 unspecified atom stereocenters. The van der Waals surface area contributed by atoms with E-state index in [2.05, 4.69) is 12.2 Å². The number of ether oxygens (including phenoxy) is 2. The highest BCUT2D eigenvalue weighted by atomic mass is 35.5. The lowest BCUT2D eigenvalue weighted by molar-refractivity contribution is -0.127. The summed E-state index contributed by atoms with van der Waals surface area (Å²) in [4.78, 5) is 12.0. The van der Waals surface area contributed by atoms with Gasteiger partial charge in [0.2, 0.25) is 0 Å². The predicted molar refractivity (Wildman–Crippen MR) is 95.9 cm³/mol. The molecule has 4 nitrogen and oxygen atoms in total. The second kappa shape index (κ2) is 9.18. The Morgan fingerprint density at radius 1 is 1.17 bits per heavy atom. The third kappa shape index (κ3) is 5.78. The topological polar surface area (TPSA) is 47.6 Å². The van der Waals surface area contributed by atoms with Crippen LogP contribution in [-0.4, -0.2) is 25.2 Å². The number of nitrogens with one attached hydrogen (secondary N) is 1. The van der Waals surface area contributed by atoms with E-state index in [0.29, 0.717) is 23.9 Å². The largest absolute Gasteiger partial charge is 0.492 e. The minimum Gasteiger partial charge on any atom is -0.492 e. The van der Waals surface area contributed by atoms with E-state index in [0.717, 1.165) is 12.2 Å². The van der Waals surface area contributed by atoms with E-state index >= 15 is 0 Å². The van der Waals surface area contributed by atoms with Crippen LogP contribution >= 0.6 is 11.6 Å². The summed E-state index contributed by atoms with van der Waals surface area (Å²) in [5, 5.41) is 3.36. The van der Waals surface area contributed by atoms with Crippen molar-refractivity contribution in [2.45, 2.75) is 26.4 Å². The summed E-state index contributed by atoms with van der Waals surface area (Å²) < 4.78 is 11.2. The van der Waals surface area contributed by atoms with Gasteiger partial charge in [-0.3, -0.25) is 4.79 Å². The minimum atomic E-state index is -0.604. The monoisotopic (exact) mass is 347 g/mol. The van der Waals surface area contributed by atoms with Crippen LogP contribution in [0.25, 0.3) is 0 Å². The van der Waals surface area contributed by atoms with Crippen molar-refractivity contribution in [2.24, 2.45) is 0 Å². The standard InChI is InChI=1S/C19H22ClNO3/c1-3-15-7-9-17(10-8-15)23-12-11-21-19(22)14(2)24-18-6-4-5-16(20)13-18/h4-10,13-14H,3,11-12H2,1-2H3,(H,21,22)/t14-/m0/s1. The number of amides is 1. The molecular formula is C19H22ClNO3. The van der Waals surface area contributed by atoms with Gasteiger partial charge in [0.15, 0.2) is 6.10 Å². The summed E-state index contributed by atoms with van der Waals surface area (Å²) in [6.07, 6.45) is 0.396. The zero-order valence-corrected chi connectivity index (χ0v) is 14.7. The van der Waals surface area contributed by atoms with Gasteiger partial charge in [-0.15, -0.1) is 0 Å². The van der Waals surface area contributed by atoms with E-state index in [9.17, 15) is 4.79 Å². The Balaban J connectivity index is 1.70. The van der Waals surface area contributed by atoms with E-state index in [4.69, 9.17) is 21.1 Å². The quantitative estimate of drug-likeness (QED) is 0.737. The van der Waals surface area contributed by atoms with E-state index in [1.807, 2.05) is 24.3 Å². The molecule has 0 heterocycles. The lowest BCUT2D eigenvalue weighted by Gasteiger charge is -2.15. The zero-order chi connectivity index (χ0) is 17.4. The van der Waals surface area contributed by atoms with Crippen molar-refractivity contribution in [2.75, 3.05) is 13.2 Å². The van der Waals surface area contributed by atoms with Crippen molar-refractivity contribution in [1.29, 1.82) is 0 Å². The first-order valence-electron chi connectivity index (χ1n) is 8.00. The molecule has 1 N–H and O–H groups in total. The van der Waals surface area contributed by atoms with Gasteiger partial charge in [0.25, 0.3) is 5.91 Å². The highest BCUT2D eigenvalue weighted by Gasteiger charge is 2.14.